The maximum Gasteiger partial charge on any atom is 0.244 e. The molecule has 1 aliphatic carbocycles. The summed E-state index contributed by atoms with van der Waals surface area (Å²) in [7, 11) is -3.41. The zero-order chi connectivity index (χ0) is 16.6. The van der Waals surface area contributed by atoms with E-state index in [1.807, 2.05) is 5.01 Å². The fourth-order valence-corrected chi connectivity index (χ4v) is 5.34. The third kappa shape index (κ3) is 2.95. The smallest absolute Gasteiger partial charge is 0.244 e. The molecular weight excluding hydrogens is 324 g/mol. The number of hydrogen-bond donors (Lipinski definition) is 0. The van der Waals surface area contributed by atoms with Crippen LogP contribution < -0.4 is 5.01 Å². The molecule has 0 spiro atoms. The summed E-state index contributed by atoms with van der Waals surface area (Å²) in [6.07, 6.45) is 9.27. The number of anilines is 1. The van der Waals surface area contributed by atoms with Crippen molar-refractivity contribution < 1.29 is 8.42 Å². The molecule has 130 valence electrons. The second kappa shape index (κ2) is 6.44. The van der Waals surface area contributed by atoms with Gasteiger partial charge in [0.05, 0.1) is 6.54 Å². The topological polar surface area (TPSA) is 65.9 Å². The van der Waals surface area contributed by atoms with Crippen molar-refractivity contribution in [2.45, 2.75) is 49.8 Å². The number of rotatable bonds is 3. The first kappa shape index (κ1) is 16.0. The standard InChI is InChI=1S/C17H24N4O2S/c22-24(23,20-10-4-1-5-11-20)15-8-9-17(18-12-15)21-13-14-6-2-3-7-16(14)19-21/h8-9,12,14H,1-7,10-11,13H2. The van der Waals surface area contributed by atoms with E-state index in [0.29, 0.717) is 19.0 Å². The van der Waals surface area contributed by atoms with Gasteiger partial charge in [0, 0.05) is 30.9 Å². The van der Waals surface area contributed by atoms with E-state index in [0.717, 1.165) is 38.0 Å². The van der Waals surface area contributed by atoms with Gasteiger partial charge in [-0.2, -0.15) is 9.41 Å². The van der Waals surface area contributed by atoms with Gasteiger partial charge < -0.3 is 0 Å². The minimum Gasteiger partial charge on any atom is -0.247 e. The fourth-order valence-electron chi connectivity index (χ4n) is 3.88. The Balaban J connectivity index is 1.52. The summed E-state index contributed by atoms with van der Waals surface area (Å²) in [5, 5.41) is 6.62. The summed E-state index contributed by atoms with van der Waals surface area (Å²) < 4.78 is 26.9. The maximum atomic E-state index is 12.7. The second-order valence-corrected chi connectivity index (χ2v) is 8.87. The van der Waals surface area contributed by atoms with Crippen LogP contribution in [0.15, 0.2) is 28.3 Å². The van der Waals surface area contributed by atoms with Gasteiger partial charge in [-0.3, -0.25) is 0 Å². The van der Waals surface area contributed by atoms with Crippen LogP contribution >= 0.6 is 0 Å². The number of sulfonamides is 1. The van der Waals surface area contributed by atoms with E-state index in [1.165, 1.54) is 31.2 Å². The van der Waals surface area contributed by atoms with Crippen LogP contribution in [-0.2, 0) is 10.0 Å². The Morgan fingerprint density at radius 3 is 2.58 bits per heavy atom. The van der Waals surface area contributed by atoms with Crippen LogP contribution in [0.25, 0.3) is 0 Å². The molecule has 1 atom stereocenters. The third-order valence-corrected chi connectivity index (χ3v) is 7.17. The molecule has 0 radical (unpaired) electrons. The minimum absolute atomic E-state index is 0.289. The number of hydrogen-bond acceptors (Lipinski definition) is 5. The molecule has 0 N–H and O–H groups in total. The molecule has 7 heteroatoms. The van der Waals surface area contributed by atoms with Gasteiger partial charge in [0.25, 0.3) is 0 Å². The lowest BCUT2D eigenvalue weighted by molar-refractivity contribution is 0.346. The lowest BCUT2D eigenvalue weighted by Gasteiger charge is -2.25. The highest BCUT2D eigenvalue weighted by molar-refractivity contribution is 7.89. The van der Waals surface area contributed by atoms with Crippen LogP contribution in [-0.4, -0.2) is 43.1 Å². The van der Waals surface area contributed by atoms with Gasteiger partial charge in [-0.05, 0) is 44.2 Å². The molecule has 0 bridgehead atoms. The molecule has 3 aliphatic rings. The largest absolute Gasteiger partial charge is 0.247 e. The Kier molecular flexibility index (Phi) is 4.30. The van der Waals surface area contributed by atoms with Gasteiger partial charge >= 0.3 is 0 Å². The predicted molar refractivity (Wildman–Crippen MR) is 93.6 cm³/mol. The Morgan fingerprint density at radius 1 is 1.04 bits per heavy atom. The average molecular weight is 348 g/mol. The highest BCUT2D eigenvalue weighted by Crippen LogP contribution is 2.30. The van der Waals surface area contributed by atoms with Gasteiger partial charge in [0.15, 0.2) is 0 Å². The molecule has 4 rings (SSSR count). The van der Waals surface area contributed by atoms with Crippen molar-refractivity contribution in [3.63, 3.8) is 0 Å². The van der Waals surface area contributed by atoms with E-state index < -0.39 is 10.0 Å². The summed E-state index contributed by atoms with van der Waals surface area (Å²) in [6.45, 7) is 2.11. The number of nitrogens with zero attached hydrogens (tertiary/aromatic N) is 4. The summed E-state index contributed by atoms with van der Waals surface area (Å²) >= 11 is 0. The van der Waals surface area contributed by atoms with E-state index in [-0.39, 0.29) is 4.90 Å². The normalized spacial score (nSPS) is 25.4. The van der Waals surface area contributed by atoms with Crippen molar-refractivity contribution in [2.24, 2.45) is 11.0 Å². The molecule has 0 amide bonds. The molecule has 1 aromatic heterocycles. The molecule has 24 heavy (non-hydrogen) atoms. The van der Waals surface area contributed by atoms with Crippen LogP contribution in [0.4, 0.5) is 5.82 Å². The van der Waals surface area contributed by atoms with Crippen molar-refractivity contribution in [1.29, 1.82) is 0 Å². The molecule has 3 heterocycles. The van der Waals surface area contributed by atoms with Crippen LogP contribution in [0, 0.1) is 5.92 Å². The Hall–Kier alpha value is -1.47. The Morgan fingerprint density at radius 2 is 1.88 bits per heavy atom. The third-order valence-electron chi connectivity index (χ3n) is 5.29. The van der Waals surface area contributed by atoms with E-state index in [4.69, 9.17) is 0 Å². The van der Waals surface area contributed by atoms with Gasteiger partial charge in [0.2, 0.25) is 10.0 Å². The molecule has 1 saturated heterocycles. The van der Waals surface area contributed by atoms with Crippen molar-refractivity contribution >= 4 is 21.6 Å². The molecule has 2 aliphatic heterocycles. The first-order valence-corrected chi connectivity index (χ1v) is 10.4. The maximum absolute atomic E-state index is 12.7. The quantitative estimate of drug-likeness (QED) is 0.842. The van der Waals surface area contributed by atoms with Crippen LogP contribution in [0.3, 0.4) is 0 Å². The van der Waals surface area contributed by atoms with Crippen molar-refractivity contribution in [3.05, 3.63) is 18.3 Å². The second-order valence-electron chi connectivity index (χ2n) is 6.93. The van der Waals surface area contributed by atoms with Crippen molar-refractivity contribution in [2.75, 3.05) is 24.6 Å². The molecule has 6 nitrogen and oxygen atoms in total. The monoisotopic (exact) mass is 348 g/mol. The lowest BCUT2D eigenvalue weighted by Crippen LogP contribution is -2.35. The minimum atomic E-state index is -3.41. The molecule has 1 unspecified atom stereocenters. The van der Waals surface area contributed by atoms with Crippen molar-refractivity contribution in [1.82, 2.24) is 9.29 Å². The SMILES string of the molecule is O=S(=O)(c1ccc(N2CC3CCCCC3=N2)nc1)N1CCCCC1. The lowest BCUT2D eigenvalue weighted by atomic mass is 9.88. The van der Waals surface area contributed by atoms with Gasteiger partial charge in [-0.1, -0.05) is 12.8 Å². The molecule has 1 aromatic rings. The zero-order valence-electron chi connectivity index (χ0n) is 13.9. The van der Waals surface area contributed by atoms with Crippen LogP contribution in [0.2, 0.25) is 0 Å². The number of piperidine rings is 1. The van der Waals surface area contributed by atoms with Gasteiger partial charge in [-0.15, -0.1) is 0 Å². The van der Waals surface area contributed by atoms with Crippen LogP contribution in [0.1, 0.15) is 44.9 Å². The summed E-state index contributed by atoms with van der Waals surface area (Å²) in [5.74, 6) is 1.30. The molecule has 0 aromatic carbocycles. The number of hydrazone groups is 1. The van der Waals surface area contributed by atoms with E-state index >= 15 is 0 Å². The fraction of sp³-hybridized carbons (Fsp3) is 0.647. The first-order chi connectivity index (χ1) is 11.6. The molecular formula is C17H24N4O2S. The predicted octanol–water partition coefficient (Wildman–Crippen LogP) is 2.62. The highest BCUT2D eigenvalue weighted by Gasteiger charge is 2.30. The van der Waals surface area contributed by atoms with Gasteiger partial charge in [-0.25, -0.2) is 18.4 Å². The van der Waals surface area contributed by atoms with Crippen molar-refractivity contribution in [3.8, 4) is 0 Å². The van der Waals surface area contributed by atoms with Gasteiger partial charge in [0.1, 0.15) is 10.7 Å². The summed E-state index contributed by atoms with van der Waals surface area (Å²) in [5.41, 5.74) is 1.29. The van der Waals surface area contributed by atoms with E-state index in [1.54, 1.807) is 16.4 Å². The van der Waals surface area contributed by atoms with E-state index in [2.05, 4.69) is 10.1 Å². The molecule has 1 saturated carbocycles. The zero-order valence-corrected chi connectivity index (χ0v) is 14.7. The van der Waals surface area contributed by atoms with E-state index in [9.17, 15) is 8.42 Å². The number of pyridine rings is 1. The molecule has 2 fully saturated rings. The number of aromatic nitrogens is 1. The summed E-state index contributed by atoms with van der Waals surface area (Å²) in [6, 6.07) is 3.46. The van der Waals surface area contributed by atoms with Crippen LogP contribution in [0.5, 0.6) is 0 Å². The Bertz CT molecular complexity index is 723. The first-order valence-electron chi connectivity index (χ1n) is 8.96. The Labute approximate surface area is 143 Å². The number of fused-ring (bicyclic) bond motifs is 1. The highest BCUT2D eigenvalue weighted by atomic mass is 32.2. The summed E-state index contributed by atoms with van der Waals surface area (Å²) in [4.78, 5) is 4.68. The average Bonchev–Trinajstić information content (AvgIpc) is 3.07.